The zero-order valence-corrected chi connectivity index (χ0v) is 12.2. The van der Waals surface area contributed by atoms with Crippen molar-refractivity contribution in [2.24, 2.45) is 0 Å². The summed E-state index contributed by atoms with van der Waals surface area (Å²) in [5, 5.41) is 16.2. The third-order valence-corrected chi connectivity index (χ3v) is 3.41. The van der Waals surface area contributed by atoms with Crippen LogP contribution in [0.2, 0.25) is 0 Å². The Kier molecular flexibility index (Phi) is 5.56. The minimum atomic E-state index is -1.06. The van der Waals surface area contributed by atoms with E-state index in [9.17, 15) is 19.1 Å². The Bertz CT molecular complexity index is 549. The van der Waals surface area contributed by atoms with Gasteiger partial charge in [0.1, 0.15) is 17.6 Å². The lowest BCUT2D eigenvalue weighted by atomic mass is 10.2. The van der Waals surface area contributed by atoms with Crippen molar-refractivity contribution in [2.75, 3.05) is 24.4 Å². The van der Waals surface area contributed by atoms with Gasteiger partial charge in [-0.1, -0.05) is 0 Å². The molecular formula is C11H16N4O4S. The lowest BCUT2D eigenvalue weighted by Gasteiger charge is -2.12. The number of pyridine rings is 1. The van der Waals surface area contributed by atoms with Crippen LogP contribution in [0.15, 0.2) is 12.3 Å². The van der Waals surface area contributed by atoms with Crippen LogP contribution in [0.3, 0.4) is 0 Å². The molecule has 1 rings (SSSR count). The third-order valence-electron chi connectivity index (χ3n) is 2.44. The molecule has 1 aromatic heterocycles. The summed E-state index contributed by atoms with van der Waals surface area (Å²) in [6, 6.07) is 0.961. The van der Waals surface area contributed by atoms with Crippen LogP contribution in [0.1, 0.15) is 17.3 Å². The number of nitrogens with one attached hydrogen (secondary N) is 2. The molecule has 2 unspecified atom stereocenters. The number of hydrogen-bond donors (Lipinski definition) is 2. The third kappa shape index (κ3) is 4.26. The average Bonchev–Trinajstić information content (AvgIpc) is 2.36. The molecule has 0 bridgehead atoms. The van der Waals surface area contributed by atoms with Crippen molar-refractivity contribution in [3.05, 3.63) is 27.9 Å². The van der Waals surface area contributed by atoms with Gasteiger partial charge < -0.3 is 10.6 Å². The number of amides is 1. The second kappa shape index (κ2) is 6.94. The molecule has 1 aromatic rings. The SMILES string of the molecule is CNc1cc(C(=O)NC(C)CS(C)=O)c([N+](=O)[O-])cn1. The maximum atomic E-state index is 12.1. The van der Waals surface area contributed by atoms with Crippen molar-refractivity contribution in [3.8, 4) is 0 Å². The van der Waals surface area contributed by atoms with Crippen molar-refractivity contribution >= 4 is 28.2 Å². The fraction of sp³-hybridized carbons (Fsp3) is 0.455. The molecule has 0 saturated carbocycles. The van der Waals surface area contributed by atoms with Gasteiger partial charge in [0.2, 0.25) is 0 Å². The van der Waals surface area contributed by atoms with Gasteiger partial charge in [0, 0.05) is 42.0 Å². The summed E-state index contributed by atoms with van der Waals surface area (Å²) >= 11 is 0. The van der Waals surface area contributed by atoms with Crippen molar-refractivity contribution in [2.45, 2.75) is 13.0 Å². The van der Waals surface area contributed by atoms with E-state index in [2.05, 4.69) is 15.6 Å². The Hall–Kier alpha value is -2.03. The standard InChI is InChI=1S/C11H16N4O4S/c1-7(6-20(3)19)14-11(16)8-4-10(12-2)13-5-9(8)15(17)18/h4-5,7H,6H2,1-3H3,(H,12,13)(H,14,16). The lowest BCUT2D eigenvalue weighted by molar-refractivity contribution is -0.385. The van der Waals surface area contributed by atoms with E-state index in [-0.39, 0.29) is 23.0 Å². The molecule has 110 valence electrons. The van der Waals surface area contributed by atoms with Crippen molar-refractivity contribution in [1.29, 1.82) is 0 Å². The van der Waals surface area contributed by atoms with Crippen LogP contribution in [0.5, 0.6) is 0 Å². The predicted octanol–water partition coefficient (Wildman–Crippen LogP) is 0.528. The molecule has 0 fully saturated rings. The molecule has 0 radical (unpaired) electrons. The van der Waals surface area contributed by atoms with Crippen LogP contribution in [-0.2, 0) is 10.8 Å². The number of carbonyl (C=O) groups is 1. The molecule has 0 spiro atoms. The van der Waals surface area contributed by atoms with Crippen LogP contribution in [0.4, 0.5) is 11.5 Å². The summed E-state index contributed by atoms with van der Waals surface area (Å²) in [5.74, 6) is 0.0461. The highest BCUT2D eigenvalue weighted by Crippen LogP contribution is 2.20. The van der Waals surface area contributed by atoms with Gasteiger partial charge in [-0.25, -0.2) is 4.98 Å². The Morgan fingerprint density at radius 1 is 1.60 bits per heavy atom. The van der Waals surface area contributed by atoms with E-state index < -0.39 is 21.6 Å². The molecule has 1 amide bonds. The lowest BCUT2D eigenvalue weighted by Crippen LogP contribution is -2.36. The molecule has 0 aliphatic carbocycles. The first-order valence-corrected chi connectivity index (χ1v) is 7.51. The van der Waals surface area contributed by atoms with Crippen LogP contribution in [-0.4, -0.2) is 45.1 Å². The summed E-state index contributed by atoms with van der Waals surface area (Å²) in [7, 11) is 0.534. The molecule has 2 N–H and O–H groups in total. The number of anilines is 1. The van der Waals surface area contributed by atoms with E-state index >= 15 is 0 Å². The second-order valence-electron chi connectivity index (χ2n) is 4.21. The van der Waals surface area contributed by atoms with Gasteiger partial charge >= 0.3 is 0 Å². The monoisotopic (exact) mass is 300 g/mol. The number of carbonyl (C=O) groups excluding carboxylic acids is 1. The van der Waals surface area contributed by atoms with Crippen LogP contribution < -0.4 is 10.6 Å². The summed E-state index contributed by atoms with van der Waals surface area (Å²) < 4.78 is 11.1. The first-order chi connectivity index (χ1) is 9.35. The van der Waals surface area contributed by atoms with Crippen molar-refractivity contribution in [3.63, 3.8) is 0 Å². The summed E-state index contributed by atoms with van der Waals surface area (Å²) in [6.07, 6.45) is 2.56. The summed E-state index contributed by atoms with van der Waals surface area (Å²) in [5.41, 5.74) is -0.450. The Morgan fingerprint density at radius 3 is 2.75 bits per heavy atom. The van der Waals surface area contributed by atoms with E-state index in [0.717, 1.165) is 6.20 Å². The number of aromatic nitrogens is 1. The summed E-state index contributed by atoms with van der Waals surface area (Å²) in [4.78, 5) is 26.1. The van der Waals surface area contributed by atoms with Gasteiger partial charge in [0.05, 0.1) is 4.92 Å². The molecule has 1 heterocycles. The van der Waals surface area contributed by atoms with Crippen molar-refractivity contribution < 1.29 is 13.9 Å². The fourth-order valence-electron chi connectivity index (χ4n) is 1.61. The molecule has 2 atom stereocenters. The largest absolute Gasteiger partial charge is 0.373 e. The quantitative estimate of drug-likeness (QED) is 0.585. The van der Waals surface area contributed by atoms with E-state index in [4.69, 9.17) is 0 Å². The topological polar surface area (TPSA) is 114 Å². The summed E-state index contributed by atoms with van der Waals surface area (Å²) in [6.45, 7) is 1.69. The molecule has 9 heteroatoms. The first-order valence-electron chi connectivity index (χ1n) is 5.78. The highest BCUT2D eigenvalue weighted by molar-refractivity contribution is 7.84. The molecule has 8 nitrogen and oxygen atoms in total. The maximum Gasteiger partial charge on any atom is 0.300 e. The molecular weight excluding hydrogens is 284 g/mol. The normalized spacial score (nSPS) is 13.3. The minimum absolute atomic E-state index is 0.0805. The van der Waals surface area contributed by atoms with Gasteiger partial charge in [-0.2, -0.15) is 0 Å². The van der Waals surface area contributed by atoms with Gasteiger partial charge in [0.25, 0.3) is 11.6 Å². The average molecular weight is 300 g/mol. The van der Waals surface area contributed by atoms with Gasteiger partial charge in [-0.15, -0.1) is 0 Å². The minimum Gasteiger partial charge on any atom is -0.373 e. The van der Waals surface area contributed by atoms with Gasteiger partial charge in [-0.3, -0.25) is 19.1 Å². The molecule has 0 aliphatic rings. The number of nitro groups is 1. The second-order valence-corrected chi connectivity index (χ2v) is 5.69. The van der Waals surface area contributed by atoms with Crippen LogP contribution >= 0.6 is 0 Å². The zero-order chi connectivity index (χ0) is 15.3. The smallest absolute Gasteiger partial charge is 0.300 e. The van der Waals surface area contributed by atoms with E-state index in [0.29, 0.717) is 5.82 Å². The predicted molar refractivity (Wildman–Crippen MR) is 76.3 cm³/mol. The Labute approximate surface area is 118 Å². The Morgan fingerprint density at radius 2 is 2.25 bits per heavy atom. The molecule has 20 heavy (non-hydrogen) atoms. The fourth-order valence-corrected chi connectivity index (χ4v) is 2.39. The molecule has 0 saturated heterocycles. The van der Waals surface area contributed by atoms with Crippen molar-refractivity contribution in [1.82, 2.24) is 10.3 Å². The van der Waals surface area contributed by atoms with Gasteiger partial charge in [0.15, 0.2) is 0 Å². The highest BCUT2D eigenvalue weighted by atomic mass is 32.2. The highest BCUT2D eigenvalue weighted by Gasteiger charge is 2.22. The van der Waals surface area contributed by atoms with E-state index in [1.54, 1.807) is 14.0 Å². The number of nitrogens with zero attached hydrogens (tertiary/aromatic N) is 2. The van der Waals surface area contributed by atoms with Gasteiger partial charge in [-0.05, 0) is 6.92 Å². The first kappa shape index (κ1) is 16.0. The van der Waals surface area contributed by atoms with Crippen LogP contribution in [0, 0.1) is 10.1 Å². The van der Waals surface area contributed by atoms with E-state index in [1.165, 1.54) is 12.3 Å². The Balaban J connectivity index is 3.01. The molecule has 0 aromatic carbocycles. The van der Waals surface area contributed by atoms with Crippen LogP contribution in [0.25, 0.3) is 0 Å². The zero-order valence-electron chi connectivity index (χ0n) is 11.4. The molecule has 0 aliphatic heterocycles. The van der Waals surface area contributed by atoms with E-state index in [1.807, 2.05) is 0 Å². The number of hydrogen-bond acceptors (Lipinski definition) is 6. The maximum absolute atomic E-state index is 12.1. The number of rotatable bonds is 6.